The molecule has 1 aromatic heterocycles. The Hall–Kier alpha value is -3.72. The number of hydrogen-bond acceptors (Lipinski definition) is 4. The summed E-state index contributed by atoms with van der Waals surface area (Å²) in [5.41, 5.74) is 0.324. The molecule has 0 bridgehead atoms. The standard InChI is InChI=1S/C23H21ClFN5O3/c1-14-11-20(29(13-14)23(33)27-16-6-4-15(24)5-7-16)22(32)28-19-9-8-17(12-18(19)25)30-21(31)3-2-10-26-30/h2-10,12,14,20H,11,13H2,1H3,(H,27,33)(H,28,32)/t14-,20-/m1/s1. The van der Waals surface area contributed by atoms with Crippen LogP contribution in [0.2, 0.25) is 5.02 Å². The van der Waals surface area contributed by atoms with Crippen LogP contribution in [0.25, 0.3) is 5.69 Å². The summed E-state index contributed by atoms with van der Waals surface area (Å²) >= 11 is 5.87. The van der Waals surface area contributed by atoms with E-state index in [4.69, 9.17) is 11.6 Å². The Balaban J connectivity index is 1.48. The number of urea groups is 1. The van der Waals surface area contributed by atoms with Gasteiger partial charge in [0.15, 0.2) is 0 Å². The lowest BCUT2D eigenvalue weighted by atomic mass is 10.1. The van der Waals surface area contributed by atoms with Gasteiger partial charge in [-0.3, -0.25) is 9.59 Å². The van der Waals surface area contributed by atoms with Gasteiger partial charge in [0.05, 0.1) is 11.4 Å². The number of benzene rings is 2. The van der Waals surface area contributed by atoms with E-state index in [2.05, 4.69) is 15.7 Å². The summed E-state index contributed by atoms with van der Waals surface area (Å²) in [6, 6.07) is 12.2. The molecule has 2 N–H and O–H groups in total. The lowest BCUT2D eigenvalue weighted by Gasteiger charge is -2.24. The molecule has 10 heteroatoms. The number of anilines is 2. The van der Waals surface area contributed by atoms with E-state index in [1.54, 1.807) is 24.3 Å². The van der Waals surface area contributed by atoms with Crippen molar-refractivity contribution >= 4 is 34.9 Å². The van der Waals surface area contributed by atoms with Gasteiger partial charge in [-0.25, -0.2) is 9.18 Å². The van der Waals surface area contributed by atoms with Crippen LogP contribution in [0.15, 0.2) is 65.6 Å². The molecular formula is C23H21ClFN5O3. The SMILES string of the molecule is C[C@@H]1C[C@H](C(=O)Nc2ccc(-n3ncccc3=O)cc2F)N(C(=O)Nc2ccc(Cl)cc2)C1. The molecule has 1 saturated heterocycles. The zero-order chi connectivity index (χ0) is 23.5. The number of carbonyl (C=O) groups is 2. The highest BCUT2D eigenvalue weighted by atomic mass is 35.5. The maximum Gasteiger partial charge on any atom is 0.322 e. The number of amides is 3. The molecule has 4 rings (SSSR count). The predicted molar refractivity (Wildman–Crippen MR) is 123 cm³/mol. The molecule has 0 spiro atoms. The molecule has 1 fully saturated rings. The Labute approximate surface area is 194 Å². The summed E-state index contributed by atoms with van der Waals surface area (Å²) in [5, 5.41) is 9.77. The zero-order valence-electron chi connectivity index (χ0n) is 17.7. The molecule has 1 aliphatic heterocycles. The number of rotatable bonds is 4. The van der Waals surface area contributed by atoms with E-state index in [1.807, 2.05) is 6.92 Å². The molecule has 33 heavy (non-hydrogen) atoms. The minimum absolute atomic E-state index is 0.0506. The third-order valence-electron chi connectivity index (χ3n) is 5.34. The topological polar surface area (TPSA) is 96.3 Å². The number of hydrogen-bond donors (Lipinski definition) is 2. The highest BCUT2D eigenvalue weighted by Crippen LogP contribution is 2.26. The molecule has 3 aromatic rings. The van der Waals surface area contributed by atoms with E-state index >= 15 is 0 Å². The Bertz CT molecular complexity index is 1250. The molecule has 2 aromatic carbocycles. The molecule has 0 aliphatic carbocycles. The molecule has 8 nitrogen and oxygen atoms in total. The number of aromatic nitrogens is 2. The molecule has 0 unspecified atom stereocenters. The fourth-order valence-electron chi connectivity index (χ4n) is 3.75. The van der Waals surface area contributed by atoms with Crippen molar-refractivity contribution in [1.29, 1.82) is 0 Å². The zero-order valence-corrected chi connectivity index (χ0v) is 18.4. The van der Waals surface area contributed by atoms with Gasteiger partial charge in [0.2, 0.25) is 5.91 Å². The van der Waals surface area contributed by atoms with Crippen molar-refractivity contribution in [2.45, 2.75) is 19.4 Å². The summed E-state index contributed by atoms with van der Waals surface area (Å²) in [7, 11) is 0. The highest BCUT2D eigenvalue weighted by Gasteiger charge is 2.38. The maximum atomic E-state index is 14.7. The second-order valence-electron chi connectivity index (χ2n) is 7.87. The van der Waals surface area contributed by atoms with Crippen LogP contribution in [0.1, 0.15) is 13.3 Å². The molecule has 0 radical (unpaired) electrons. The van der Waals surface area contributed by atoms with Crippen molar-refractivity contribution in [2.75, 3.05) is 17.2 Å². The molecule has 2 atom stereocenters. The van der Waals surface area contributed by atoms with Crippen LogP contribution in [0.4, 0.5) is 20.6 Å². The van der Waals surface area contributed by atoms with Gasteiger partial charge in [-0.05, 0) is 54.8 Å². The van der Waals surface area contributed by atoms with Crippen LogP contribution in [-0.2, 0) is 4.79 Å². The van der Waals surface area contributed by atoms with Crippen molar-refractivity contribution < 1.29 is 14.0 Å². The first-order chi connectivity index (χ1) is 15.8. The Morgan fingerprint density at radius 3 is 2.58 bits per heavy atom. The van der Waals surface area contributed by atoms with Gasteiger partial charge < -0.3 is 15.5 Å². The van der Waals surface area contributed by atoms with Crippen molar-refractivity contribution in [3.8, 4) is 5.69 Å². The first-order valence-electron chi connectivity index (χ1n) is 10.3. The molecule has 0 saturated carbocycles. The summed E-state index contributed by atoms with van der Waals surface area (Å²) in [4.78, 5) is 39.1. The predicted octanol–water partition coefficient (Wildman–Crippen LogP) is 3.91. The van der Waals surface area contributed by atoms with Crippen molar-refractivity contribution in [1.82, 2.24) is 14.7 Å². The smallest absolute Gasteiger partial charge is 0.322 e. The van der Waals surface area contributed by atoms with Gasteiger partial charge >= 0.3 is 6.03 Å². The largest absolute Gasteiger partial charge is 0.322 e. The molecule has 170 valence electrons. The van der Waals surface area contributed by atoms with Gasteiger partial charge in [0, 0.05) is 35.6 Å². The average molecular weight is 470 g/mol. The normalized spacial score (nSPS) is 17.6. The molecule has 1 aliphatic rings. The summed E-state index contributed by atoms with van der Waals surface area (Å²) < 4.78 is 15.8. The van der Waals surface area contributed by atoms with Crippen LogP contribution in [-0.4, -0.2) is 39.2 Å². The van der Waals surface area contributed by atoms with E-state index in [9.17, 15) is 18.8 Å². The van der Waals surface area contributed by atoms with Crippen molar-refractivity contribution in [3.63, 3.8) is 0 Å². The number of nitrogens with zero attached hydrogens (tertiary/aromatic N) is 3. The van der Waals surface area contributed by atoms with Crippen molar-refractivity contribution in [2.24, 2.45) is 5.92 Å². The van der Waals surface area contributed by atoms with Crippen LogP contribution in [0, 0.1) is 11.7 Å². The quantitative estimate of drug-likeness (QED) is 0.605. The monoisotopic (exact) mass is 469 g/mol. The summed E-state index contributed by atoms with van der Waals surface area (Å²) in [6.07, 6.45) is 1.86. The van der Waals surface area contributed by atoms with Crippen LogP contribution in [0.3, 0.4) is 0 Å². The van der Waals surface area contributed by atoms with Gasteiger partial charge in [-0.15, -0.1) is 0 Å². The summed E-state index contributed by atoms with van der Waals surface area (Å²) in [5.74, 6) is -1.12. The maximum absolute atomic E-state index is 14.7. The van der Waals surface area contributed by atoms with Crippen molar-refractivity contribution in [3.05, 3.63) is 82.0 Å². The minimum Gasteiger partial charge on any atom is -0.322 e. The Kier molecular flexibility index (Phi) is 6.41. The lowest BCUT2D eigenvalue weighted by Crippen LogP contribution is -2.45. The van der Waals surface area contributed by atoms with E-state index in [-0.39, 0.29) is 17.3 Å². The van der Waals surface area contributed by atoms with Gasteiger partial charge in [-0.2, -0.15) is 9.78 Å². The molecule has 2 heterocycles. The second-order valence-corrected chi connectivity index (χ2v) is 8.31. The third kappa shape index (κ3) is 5.04. The van der Waals surface area contributed by atoms with Gasteiger partial charge in [0.25, 0.3) is 5.56 Å². The van der Waals surface area contributed by atoms with Gasteiger partial charge in [0.1, 0.15) is 11.9 Å². The Morgan fingerprint density at radius 2 is 1.88 bits per heavy atom. The fraction of sp³-hybridized carbons (Fsp3) is 0.217. The average Bonchev–Trinajstić information content (AvgIpc) is 3.19. The minimum atomic E-state index is -0.759. The van der Waals surface area contributed by atoms with E-state index in [1.165, 1.54) is 35.4 Å². The lowest BCUT2D eigenvalue weighted by molar-refractivity contribution is -0.119. The first kappa shape index (κ1) is 22.5. The summed E-state index contributed by atoms with van der Waals surface area (Å²) in [6.45, 7) is 2.33. The van der Waals surface area contributed by atoms with Crippen LogP contribution < -0.4 is 16.2 Å². The van der Waals surface area contributed by atoms with E-state index in [0.717, 1.165) is 10.7 Å². The second kappa shape index (κ2) is 9.41. The van der Waals surface area contributed by atoms with Crippen LogP contribution >= 0.6 is 11.6 Å². The first-order valence-corrected chi connectivity index (χ1v) is 10.7. The number of halogens is 2. The van der Waals surface area contributed by atoms with E-state index < -0.39 is 29.4 Å². The molecular weight excluding hydrogens is 449 g/mol. The molecule has 3 amide bonds. The van der Waals surface area contributed by atoms with E-state index in [0.29, 0.717) is 23.7 Å². The van der Waals surface area contributed by atoms with Gasteiger partial charge in [-0.1, -0.05) is 18.5 Å². The van der Waals surface area contributed by atoms with Crippen LogP contribution in [0.5, 0.6) is 0 Å². The number of likely N-dealkylation sites (tertiary alicyclic amines) is 1. The number of nitrogens with one attached hydrogen (secondary N) is 2. The number of carbonyl (C=O) groups excluding carboxylic acids is 2. The Morgan fingerprint density at radius 1 is 1.12 bits per heavy atom. The highest BCUT2D eigenvalue weighted by molar-refractivity contribution is 6.30. The third-order valence-corrected chi connectivity index (χ3v) is 5.59. The fourth-order valence-corrected chi connectivity index (χ4v) is 3.88.